The number of aliphatic hydroxyl groups excluding tert-OH is 1. The van der Waals surface area contributed by atoms with Gasteiger partial charge in [-0.25, -0.2) is 0 Å². The molecule has 134 valence electrons. The second kappa shape index (κ2) is 8.11. The quantitative estimate of drug-likeness (QED) is 0.777. The van der Waals surface area contributed by atoms with Crippen LogP contribution < -0.4 is 0 Å². The molecular formula is C21H26O4. The van der Waals surface area contributed by atoms with Crippen LogP contribution in [-0.4, -0.2) is 29.7 Å². The van der Waals surface area contributed by atoms with E-state index in [0.717, 1.165) is 11.1 Å². The molecule has 2 aromatic rings. The van der Waals surface area contributed by atoms with Crippen LogP contribution in [0.5, 0.6) is 0 Å². The molecule has 0 bridgehead atoms. The maximum absolute atomic E-state index is 10.7. The Hall–Kier alpha value is -1.72. The molecule has 1 saturated heterocycles. The van der Waals surface area contributed by atoms with E-state index in [9.17, 15) is 5.11 Å². The van der Waals surface area contributed by atoms with Gasteiger partial charge in [-0.2, -0.15) is 0 Å². The van der Waals surface area contributed by atoms with Gasteiger partial charge in [-0.1, -0.05) is 60.7 Å². The number of ether oxygens (including phenoxy) is 3. The zero-order valence-electron chi connectivity index (χ0n) is 14.8. The minimum Gasteiger partial charge on any atom is -0.386 e. The molecule has 4 heteroatoms. The summed E-state index contributed by atoms with van der Waals surface area (Å²) in [6, 6.07) is 19.6. The van der Waals surface area contributed by atoms with Gasteiger partial charge >= 0.3 is 0 Å². The van der Waals surface area contributed by atoms with Crippen molar-refractivity contribution in [2.45, 2.75) is 51.0 Å². The first-order valence-electron chi connectivity index (χ1n) is 8.75. The summed E-state index contributed by atoms with van der Waals surface area (Å²) < 4.78 is 17.7. The smallest absolute Gasteiger partial charge is 0.163 e. The van der Waals surface area contributed by atoms with Gasteiger partial charge in [-0.05, 0) is 31.4 Å². The average molecular weight is 342 g/mol. The minimum atomic E-state index is -0.720. The summed E-state index contributed by atoms with van der Waals surface area (Å²) in [5.74, 6) is -0.704. The van der Waals surface area contributed by atoms with E-state index in [4.69, 9.17) is 14.2 Å². The lowest BCUT2D eigenvalue weighted by molar-refractivity contribution is -0.156. The first kappa shape index (κ1) is 18.1. The normalized spacial score (nSPS) is 23.5. The first-order valence-corrected chi connectivity index (χ1v) is 8.75. The van der Waals surface area contributed by atoms with Crippen molar-refractivity contribution in [2.24, 2.45) is 0 Å². The van der Waals surface area contributed by atoms with E-state index in [1.54, 1.807) is 0 Å². The van der Waals surface area contributed by atoms with E-state index < -0.39 is 18.0 Å². The summed E-state index contributed by atoms with van der Waals surface area (Å²) in [7, 11) is 0. The molecule has 3 atom stereocenters. The molecule has 0 saturated carbocycles. The van der Waals surface area contributed by atoms with Crippen LogP contribution in [0.2, 0.25) is 0 Å². The molecule has 3 rings (SSSR count). The van der Waals surface area contributed by atoms with E-state index in [0.29, 0.717) is 19.6 Å². The number of aliphatic hydroxyl groups is 1. The molecule has 2 aromatic carbocycles. The zero-order valence-corrected chi connectivity index (χ0v) is 14.8. The van der Waals surface area contributed by atoms with Crippen LogP contribution in [0.1, 0.15) is 37.5 Å². The molecule has 1 aliphatic rings. The van der Waals surface area contributed by atoms with E-state index in [1.165, 1.54) is 0 Å². The van der Waals surface area contributed by atoms with Gasteiger partial charge in [-0.3, -0.25) is 0 Å². The molecule has 0 aromatic heterocycles. The molecular weight excluding hydrogens is 316 g/mol. The highest BCUT2D eigenvalue weighted by Crippen LogP contribution is 2.36. The Morgan fingerprint density at radius 3 is 2.32 bits per heavy atom. The molecule has 0 spiro atoms. The van der Waals surface area contributed by atoms with Crippen LogP contribution in [0.4, 0.5) is 0 Å². The van der Waals surface area contributed by atoms with Crippen molar-refractivity contribution in [1.29, 1.82) is 0 Å². The number of rotatable bonds is 7. The highest BCUT2D eigenvalue weighted by Gasteiger charge is 2.44. The fraction of sp³-hybridized carbons (Fsp3) is 0.429. The van der Waals surface area contributed by atoms with Gasteiger partial charge in [0.05, 0.1) is 12.7 Å². The molecule has 0 aliphatic carbocycles. The van der Waals surface area contributed by atoms with Crippen molar-refractivity contribution in [1.82, 2.24) is 0 Å². The first-order chi connectivity index (χ1) is 12.1. The second-order valence-corrected chi connectivity index (χ2v) is 6.82. The third-order valence-corrected chi connectivity index (χ3v) is 4.33. The predicted molar refractivity (Wildman–Crippen MR) is 95.9 cm³/mol. The Balaban J connectivity index is 1.56. The van der Waals surface area contributed by atoms with Crippen LogP contribution in [0.15, 0.2) is 60.7 Å². The Morgan fingerprint density at radius 1 is 1.00 bits per heavy atom. The second-order valence-electron chi connectivity index (χ2n) is 6.82. The number of hydrogen-bond acceptors (Lipinski definition) is 4. The van der Waals surface area contributed by atoms with Crippen molar-refractivity contribution >= 4 is 0 Å². The van der Waals surface area contributed by atoms with Crippen molar-refractivity contribution in [3.63, 3.8) is 0 Å². The summed E-state index contributed by atoms with van der Waals surface area (Å²) in [6.07, 6.45) is -0.661. The summed E-state index contributed by atoms with van der Waals surface area (Å²) in [6.45, 7) is 4.88. The molecule has 4 nitrogen and oxygen atoms in total. The third kappa shape index (κ3) is 4.89. The van der Waals surface area contributed by atoms with E-state index in [1.807, 2.05) is 74.5 Å². The van der Waals surface area contributed by atoms with E-state index in [2.05, 4.69) is 0 Å². The largest absolute Gasteiger partial charge is 0.386 e. The Morgan fingerprint density at radius 2 is 1.64 bits per heavy atom. The lowest BCUT2D eigenvalue weighted by atomic mass is 9.99. The molecule has 1 aliphatic heterocycles. The molecule has 1 fully saturated rings. The lowest BCUT2D eigenvalue weighted by Crippen LogP contribution is -2.30. The van der Waals surface area contributed by atoms with Gasteiger partial charge in [0, 0.05) is 6.61 Å². The summed E-state index contributed by atoms with van der Waals surface area (Å²) in [4.78, 5) is 0. The maximum atomic E-state index is 10.7. The van der Waals surface area contributed by atoms with E-state index >= 15 is 0 Å². The SMILES string of the molecule is CC1(C)O[C@H]([C@H](O)c2ccccc2)[C@H](CCOCc2ccccc2)O1. The Labute approximate surface area is 149 Å². The van der Waals surface area contributed by atoms with E-state index in [-0.39, 0.29) is 6.10 Å². The highest BCUT2D eigenvalue weighted by molar-refractivity contribution is 5.19. The van der Waals surface area contributed by atoms with Crippen molar-refractivity contribution < 1.29 is 19.3 Å². The fourth-order valence-electron chi connectivity index (χ4n) is 3.16. The van der Waals surface area contributed by atoms with Crippen LogP contribution >= 0.6 is 0 Å². The minimum absolute atomic E-state index is 0.207. The van der Waals surface area contributed by atoms with Gasteiger partial charge in [0.1, 0.15) is 12.2 Å². The Bertz CT molecular complexity index is 641. The van der Waals surface area contributed by atoms with Gasteiger partial charge < -0.3 is 19.3 Å². The summed E-state index contributed by atoms with van der Waals surface area (Å²) in [5.41, 5.74) is 1.98. The van der Waals surface area contributed by atoms with Crippen molar-refractivity contribution in [3.8, 4) is 0 Å². The Kier molecular flexibility index (Phi) is 5.86. The molecule has 0 unspecified atom stereocenters. The van der Waals surface area contributed by atoms with Crippen LogP contribution in [-0.2, 0) is 20.8 Å². The number of benzene rings is 2. The van der Waals surface area contributed by atoms with Crippen LogP contribution in [0.3, 0.4) is 0 Å². The fourth-order valence-corrected chi connectivity index (χ4v) is 3.16. The maximum Gasteiger partial charge on any atom is 0.163 e. The monoisotopic (exact) mass is 342 g/mol. The highest BCUT2D eigenvalue weighted by atomic mass is 16.8. The summed E-state index contributed by atoms with van der Waals surface area (Å²) in [5, 5.41) is 10.7. The summed E-state index contributed by atoms with van der Waals surface area (Å²) >= 11 is 0. The van der Waals surface area contributed by atoms with Crippen molar-refractivity contribution in [3.05, 3.63) is 71.8 Å². The standard InChI is InChI=1S/C21H26O4/c1-21(2)24-18(13-14-23-15-16-9-5-3-6-10-16)20(25-21)19(22)17-11-7-4-8-12-17/h3-12,18-20,22H,13-15H2,1-2H3/t18-,19+,20-/m0/s1. The number of hydrogen-bond donors (Lipinski definition) is 1. The zero-order chi connectivity index (χ0) is 17.7. The molecule has 0 amide bonds. The average Bonchev–Trinajstić information content (AvgIpc) is 2.94. The molecule has 1 N–H and O–H groups in total. The predicted octanol–water partition coefficient (Wildman–Crippen LogP) is 3.85. The van der Waals surface area contributed by atoms with Crippen LogP contribution in [0, 0.1) is 0 Å². The van der Waals surface area contributed by atoms with Gasteiger partial charge in [0.15, 0.2) is 5.79 Å². The van der Waals surface area contributed by atoms with Crippen LogP contribution in [0.25, 0.3) is 0 Å². The van der Waals surface area contributed by atoms with Gasteiger partial charge in [0.25, 0.3) is 0 Å². The molecule has 1 heterocycles. The lowest BCUT2D eigenvalue weighted by Gasteiger charge is -2.22. The third-order valence-electron chi connectivity index (χ3n) is 4.33. The topological polar surface area (TPSA) is 47.9 Å². The molecule has 25 heavy (non-hydrogen) atoms. The molecule has 0 radical (unpaired) electrons. The van der Waals surface area contributed by atoms with Gasteiger partial charge in [-0.15, -0.1) is 0 Å². The van der Waals surface area contributed by atoms with Crippen molar-refractivity contribution in [2.75, 3.05) is 6.61 Å². The van der Waals surface area contributed by atoms with Gasteiger partial charge in [0.2, 0.25) is 0 Å².